The standard InChI is InChI=1S/C26H33F4N5O3S/c1-17(18-5-7-22(21(27)15-18)33-39(2,37)38)25(36)31-16-19-6-8-23(26(28,29)30)32-24(19)35-13-9-20(10-14-35)34-11-3-4-12-34/h5-8,15,17,20,33H,3-4,9-14,16H2,1-2H3,(H,31,36). The fraction of sp³-hybridized carbons (Fsp3) is 0.538. The van der Waals surface area contributed by atoms with Gasteiger partial charge in [0.2, 0.25) is 15.9 Å². The number of likely N-dealkylation sites (tertiary alicyclic amines) is 1. The van der Waals surface area contributed by atoms with Crippen molar-refractivity contribution in [2.24, 2.45) is 0 Å². The molecule has 0 radical (unpaired) electrons. The van der Waals surface area contributed by atoms with E-state index in [0.717, 1.165) is 44.3 Å². The molecule has 1 aromatic heterocycles. The van der Waals surface area contributed by atoms with Gasteiger partial charge in [0, 0.05) is 31.2 Å². The second kappa shape index (κ2) is 11.7. The van der Waals surface area contributed by atoms with Gasteiger partial charge in [-0.25, -0.2) is 17.8 Å². The molecule has 1 atom stereocenters. The number of benzene rings is 1. The Balaban J connectivity index is 1.46. The number of piperidine rings is 1. The predicted octanol–water partition coefficient (Wildman–Crippen LogP) is 4.10. The van der Waals surface area contributed by atoms with E-state index in [9.17, 15) is 30.8 Å². The fourth-order valence-electron chi connectivity index (χ4n) is 5.17. The van der Waals surface area contributed by atoms with E-state index >= 15 is 0 Å². The number of carbonyl (C=O) groups is 1. The van der Waals surface area contributed by atoms with Gasteiger partial charge >= 0.3 is 6.18 Å². The maximum Gasteiger partial charge on any atom is 0.433 e. The lowest BCUT2D eigenvalue weighted by Gasteiger charge is -2.38. The first-order chi connectivity index (χ1) is 18.3. The molecule has 0 aliphatic carbocycles. The predicted molar refractivity (Wildman–Crippen MR) is 140 cm³/mol. The van der Waals surface area contributed by atoms with Crippen molar-refractivity contribution in [2.45, 2.75) is 57.3 Å². The number of hydrogen-bond acceptors (Lipinski definition) is 6. The number of amides is 1. The van der Waals surface area contributed by atoms with E-state index in [1.807, 2.05) is 4.90 Å². The number of anilines is 2. The average molecular weight is 572 g/mol. The van der Waals surface area contributed by atoms with Gasteiger partial charge in [0.1, 0.15) is 17.3 Å². The minimum Gasteiger partial charge on any atom is -0.356 e. The van der Waals surface area contributed by atoms with Gasteiger partial charge in [-0.2, -0.15) is 13.2 Å². The molecule has 39 heavy (non-hydrogen) atoms. The molecule has 2 N–H and O–H groups in total. The Bertz CT molecular complexity index is 1290. The number of pyridine rings is 1. The summed E-state index contributed by atoms with van der Waals surface area (Å²) in [7, 11) is -3.67. The lowest BCUT2D eigenvalue weighted by atomic mass is 9.99. The van der Waals surface area contributed by atoms with Crippen LogP contribution in [-0.2, 0) is 27.5 Å². The normalized spacial score (nSPS) is 18.3. The number of rotatable bonds is 8. The summed E-state index contributed by atoms with van der Waals surface area (Å²) in [5, 5.41) is 2.73. The Hall–Kier alpha value is -2.93. The zero-order chi connectivity index (χ0) is 28.4. The van der Waals surface area contributed by atoms with Crippen molar-refractivity contribution >= 4 is 27.4 Å². The maximum atomic E-state index is 14.4. The second-order valence-electron chi connectivity index (χ2n) is 10.2. The van der Waals surface area contributed by atoms with Gasteiger partial charge in [0.05, 0.1) is 17.9 Å². The lowest BCUT2D eigenvalue weighted by Crippen LogP contribution is -2.44. The van der Waals surface area contributed by atoms with Crippen LogP contribution < -0.4 is 14.9 Å². The molecule has 214 valence electrons. The zero-order valence-electron chi connectivity index (χ0n) is 21.9. The van der Waals surface area contributed by atoms with Gasteiger partial charge in [0.15, 0.2) is 0 Å². The van der Waals surface area contributed by atoms with Crippen LogP contribution in [0.15, 0.2) is 30.3 Å². The van der Waals surface area contributed by atoms with E-state index < -0.39 is 39.5 Å². The third-order valence-electron chi connectivity index (χ3n) is 7.30. The Labute approximate surface area is 225 Å². The molecule has 8 nitrogen and oxygen atoms in total. The summed E-state index contributed by atoms with van der Waals surface area (Å²) < 4.78 is 79.6. The third-order valence-corrected chi connectivity index (χ3v) is 7.89. The molecule has 4 rings (SSSR count). The fourth-order valence-corrected chi connectivity index (χ4v) is 5.73. The minimum absolute atomic E-state index is 0.0497. The van der Waals surface area contributed by atoms with E-state index in [-0.39, 0.29) is 18.1 Å². The highest BCUT2D eigenvalue weighted by atomic mass is 32.2. The number of sulfonamides is 1. The van der Waals surface area contributed by atoms with Crippen LogP contribution in [0, 0.1) is 5.82 Å². The number of halogens is 4. The van der Waals surface area contributed by atoms with Crippen molar-refractivity contribution < 1.29 is 30.8 Å². The highest BCUT2D eigenvalue weighted by molar-refractivity contribution is 7.92. The third kappa shape index (κ3) is 7.38. The Morgan fingerprint density at radius 1 is 1.10 bits per heavy atom. The molecule has 2 aliphatic rings. The highest BCUT2D eigenvalue weighted by Gasteiger charge is 2.35. The topological polar surface area (TPSA) is 94.6 Å². The van der Waals surface area contributed by atoms with Gasteiger partial charge in [-0.15, -0.1) is 0 Å². The first-order valence-electron chi connectivity index (χ1n) is 12.9. The summed E-state index contributed by atoms with van der Waals surface area (Å²) in [6, 6.07) is 6.42. The average Bonchev–Trinajstić information content (AvgIpc) is 3.42. The summed E-state index contributed by atoms with van der Waals surface area (Å²) in [6.07, 6.45) is 0.308. The van der Waals surface area contributed by atoms with Crippen LogP contribution in [0.2, 0.25) is 0 Å². The number of nitrogens with zero attached hydrogens (tertiary/aromatic N) is 3. The molecule has 2 aliphatic heterocycles. The van der Waals surface area contributed by atoms with Crippen LogP contribution in [0.1, 0.15) is 55.3 Å². The van der Waals surface area contributed by atoms with Gasteiger partial charge in [-0.3, -0.25) is 9.52 Å². The highest BCUT2D eigenvalue weighted by Crippen LogP contribution is 2.32. The molecule has 0 saturated carbocycles. The minimum atomic E-state index is -4.60. The largest absolute Gasteiger partial charge is 0.433 e. The molecule has 1 amide bonds. The zero-order valence-corrected chi connectivity index (χ0v) is 22.7. The summed E-state index contributed by atoms with van der Waals surface area (Å²) in [5.41, 5.74) is -0.440. The molecule has 2 aromatic rings. The lowest BCUT2D eigenvalue weighted by molar-refractivity contribution is -0.141. The SMILES string of the molecule is CC(C(=O)NCc1ccc(C(F)(F)F)nc1N1CCC(N2CCCC2)CC1)c1ccc(NS(C)(=O)=O)c(F)c1. The van der Waals surface area contributed by atoms with Crippen molar-refractivity contribution in [3.05, 3.63) is 53.0 Å². The number of alkyl halides is 3. The van der Waals surface area contributed by atoms with E-state index in [2.05, 4.69) is 19.9 Å². The number of hydrogen-bond donors (Lipinski definition) is 2. The van der Waals surface area contributed by atoms with E-state index in [1.54, 1.807) is 6.92 Å². The van der Waals surface area contributed by atoms with Crippen molar-refractivity contribution in [3.8, 4) is 0 Å². The Morgan fingerprint density at radius 3 is 2.36 bits per heavy atom. The van der Waals surface area contributed by atoms with Crippen LogP contribution in [0.4, 0.5) is 29.1 Å². The second-order valence-corrected chi connectivity index (χ2v) is 11.9. The van der Waals surface area contributed by atoms with E-state index in [0.29, 0.717) is 30.3 Å². The van der Waals surface area contributed by atoms with Crippen molar-refractivity contribution in [2.75, 3.05) is 42.1 Å². The summed E-state index contributed by atoms with van der Waals surface area (Å²) in [6.45, 7) is 4.76. The molecule has 0 bridgehead atoms. The van der Waals surface area contributed by atoms with Gasteiger partial charge in [0.25, 0.3) is 0 Å². The number of nitrogens with one attached hydrogen (secondary N) is 2. The summed E-state index contributed by atoms with van der Waals surface area (Å²) in [4.78, 5) is 21.1. The monoisotopic (exact) mass is 571 g/mol. The van der Waals surface area contributed by atoms with Crippen LogP contribution in [0.25, 0.3) is 0 Å². The summed E-state index contributed by atoms with van der Waals surface area (Å²) in [5.74, 6) is -1.88. The summed E-state index contributed by atoms with van der Waals surface area (Å²) >= 11 is 0. The Morgan fingerprint density at radius 2 is 1.77 bits per heavy atom. The molecule has 3 heterocycles. The van der Waals surface area contributed by atoms with E-state index in [4.69, 9.17) is 0 Å². The molecule has 1 aromatic carbocycles. The molecule has 13 heteroatoms. The van der Waals surface area contributed by atoms with Crippen molar-refractivity contribution in [1.82, 2.24) is 15.2 Å². The maximum absolute atomic E-state index is 14.4. The first kappa shape index (κ1) is 29.1. The van der Waals surface area contributed by atoms with Crippen LogP contribution in [0.5, 0.6) is 0 Å². The van der Waals surface area contributed by atoms with Crippen LogP contribution in [-0.4, -0.2) is 62.7 Å². The van der Waals surface area contributed by atoms with Crippen LogP contribution in [0.3, 0.4) is 0 Å². The smallest absolute Gasteiger partial charge is 0.356 e. The van der Waals surface area contributed by atoms with Gasteiger partial charge in [-0.05, 0) is 69.5 Å². The number of carbonyl (C=O) groups excluding carboxylic acids is 1. The van der Waals surface area contributed by atoms with E-state index in [1.165, 1.54) is 31.0 Å². The molecular weight excluding hydrogens is 538 g/mol. The molecule has 1 unspecified atom stereocenters. The van der Waals surface area contributed by atoms with Gasteiger partial charge in [-0.1, -0.05) is 12.1 Å². The molecule has 0 spiro atoms. The molecule has 2 saturated heterocycles. The molecule has 2 fully saturated rings. The quantitative estimate of drug-likeness (QED) is 0.464. The van der Waals surface area contributed by atoms with Gasteiger partial charge < -0.3 is 15.1 Å². The molecular formula is C26H33F4N5O3S. The Kier molecular flexibility index (Phi) is 8.69. The van der Waals surface area contributed by atoms with Crippen LogP contribution >= 0.6 is 0 Å². The number of aromatic nitrogens is 1. The van der Waals surface area contributed by atoms with Crippen molar-refractivity contribution in [3.63, 3.8) is 0 Å². The first-order valence-corrected chi connectivity index (χ1v) is 14.8. The van der Waals surface area contributed by atoms with Crippen molar-refractivity contribution in [1.29, 1.82) is 0 Å².